The molecule has 1 saturated heterocycles. The maximum Gasteiger partial charge on any atom is 0.332 e. The predicted molar refractivity (Wildman–Crippen MR) is 55.2 cm³/mol. The summed E-state index contributed by atoms with van der Waals surface area (Å²) in [5, 5.41) is 4.06. The van der Waals surface area contributed by atoms with Gasteiger partial charge < -0.3 is 16.8 Å². The molecule has 1 fully saturated rings. The number of hydrogen-bond acceptors (Lipinski definition) is 5. The van der Waals surface area contributed by atoms with E-state index in [0.29, 0.717) is 0 Å². The Bertz CT molecular complexity index is 395. The minimum atomic E-state index is -3.05. The van der Waals surface area contributed by atoms with Gasteiger partial charge in [-0.05, 0) is 12.3 Å². The van der Waals surface area contributed by atoms with Gasteiger partial charge in [-0.2, -0.15) is 8.78 Å². The molecule has 1 aliphatic rings. The Morgan fingerprint density at radius 1 is 1.53 bits per heavy atom. The van der Waals surface area contributed by atoms with Crippen LogP contribution in [0, 0.1) is 0 Å². The fourth-order valence-electron chi connectivity index (χ4n) is 1.41. The quantitative estimate of drug-likeness (QED) is 0.279. The topological polar surface area (TPSA) is 123 Å². The van der Waals surface area contributed by atoms with Crippen molar-refractivity contribution in [3.05, 3.63) is 12.3 Å². The van der Waals surface area contributed by atoms with Crippen LogP contribution in [0.15, 0.2) is 17.3 Å². The van der Waals surface area contributed by atoms with E-state index in [1.807, 2.05) is 5.32 Å². The van der Waals surface area contributed by atoms with Crippen molar-refractivity contribution in [2.75, 3.05) is 6.54 Å². The molecule has 1 atom stereocenters. The van der Waals surface area contributed by atoms with E-state index in [0.717, 1.165) is 12.3 Å². The first-order valence-electron chi connectivity index (χ1n) is 4.54. The van der Waals surface area contributed by atoms with Crippen molar-refractivity contribution in [3.8, 4) is 0 Å². The molecule has 0 aliphatic carbocycles. The van der Waals surface area contributed by atoms with Crippen LogP contribution in [0.3, 0.4) is 0 Å². The number of carbonyl (C=O) groups excluding carboxylic acids is 2. The molecule has 1 unspecified atom stereocenters. The van der Waals surface area contributed by atoms with E-state index >= 15 is 0 Å². The van der Waals surface area contributed by atoms with Crippen LogP contribution in [-0.4, -0.2) is 36.3 Å². The molecular formula is C8H11F2N5O2. The second kappa shape index (κ2) is 4.87. The standard InChI is InChI=1S/C8H11F2N5O2/c9-6(10)13-4(1-2-11)8(3-12)5(16)14-7(17)15-8/h1-2,6H,3,11-12H2,(H2,14,15,16,17). The lowest BCUT2D eigenvalue weighted by molar-refractivity contribution is -0.121. The van der Waals surface area contributed by atoms with E-state index in [1.54, 1.807) is 0 Å². The lowest BCUT2D eigenvalue weighted by Gasteiger charge is -2.24. The molecule has 0 bridgehead atoms. The third-order valence-electron chi connectivity index (χ3n) is 2.18. The minimum Gasteiger partial charge on any atom is -0.405 e. The molecule has 9 heteroatoms. The largest absolute Gasteiger partial charge is 0.405 e. The Morgan fingerprint density at radius 2 is 2.18 bits per heavy atom. The third kappa shape index (κ3) is 2.38. The summed E-state index contributed by atoms with van der Waals surface area (Å²) in [4.78, 5) is 25.5. The molecule has 1 rings (SSSR count). The first-order valence-corrected chi connectivity index (χ1v) is 4.54. The normalized spacial score (nSPS) is 25.5. The fraction of sp³-hybridized carbons (Fsp3) is 0.375. The lowest BCUT2D eigenvalue weighted by Crippen LogP contribution is -2.58. The van der Waals surface area contributed by atoms with Gasteiger partial charge in [0.2, 0.25) is 0 Å². The van der Waals surface area contributed by atoms with Gasteiger partial charge in [0.15, 0.2) is 5.54 Å². The van der Waals surface area contributed by atoms with Crippen molar-refractivity contribution in [2.24, 2.45) is 16.5 Å². The summed E-state index contributed by atoms with van der Waals surface area (Å²) in [6.45, 7) is -3.46. The van der Waals surface area contributed by atoms with Crippen LogP contribution in [0.4, 0.5) is 13.6 Å². The van der Waals surface area contributed by atoms with Crippen LogP contribution in [0.25, 0.3) is 0 Å². The SMILES string of the molecule is NC=CC(=NC(F)F)C1(CN)NC(=O)NC1=O. The smallest absolute Gasteiger partial charge is 0.332 e. The molecule has 0 radical (unpaired) electrons. The van der Waals surface area contributed by atoms with E-state index in [4.69, 9.17) is 11.5 Å². The van der Waals surface area contributed by atoms with Crippen molar-refractivity contribution in [1.29, 1.82) is 0 Å². The van der Waals surface area contributed by atoms with E-state index in [-0.39, 0.29) is 0 Å². The summed E-state index contributed by atoms with van der Waals surface area (Å²) >= 11 is 0. The fourth-order valence-corrected chi connectivity index (χ4v) is 1.41. The lowest BCUT2D eigenvalue weighted by atomic mass is 9.93. The minimum absolute atomic E-state index is 0.402. The zero-order valence-electron chi connectivity index (χ0n) is 8.61. The summed E-state index contributed by atoms with van der Waals surface area (Å²) in [6.07, 6.45) is 1.92. The first kappa shape index (κ1) is 13.0. The highest BCUT2D eigenvalue weighted by atomic mass is 19.3. The summed E-state index contributed by atoms with van der Waals surface area (Å²) in [5.41, 5.74) is 8.22. The number of rotatable bonds is 4. The molecule has 0 saturated carbocycles. The Morgan fingerprint density at radius 3 is 2.53 bits per heavy atom. The van der Waals surface area contributed by atoms with Crippen LogP contribution in [-0.2, 0) is 4.79 Å². The molecule has 6 N–H and O–H groups in total. The van der Waals surface area contributed by atoms with Crippen molar-refractivity contribution >= 4 is 17.6 Å². The summed E-state index contributed by atoms with van der Waals surface area (Å²) in [7, 11) is 0. The van der Waals surface area contributed by atoms with Crippen molar-refractivity contribution in [3.63, 3.8) is 0 Å². The van der Waals surface area contributed by atoms with Crippen LogP contribution >= 0.6 is 0 Å². The second-order valence-electron chi connectivity index (χ2n) is 3.17. The zero-order valence-corrected chi connectivity index (χ0v) is 8.61. The second-order valence-corrected chi connectivity index (χ2v) is 3.17. The number of urea groups is 1. The highest BCUT2D eigenvalue weighted by molar-refractivity contribution is 6.25. The van der Waals surface area contributed by atoms with Crippen molar-refractivity contribution < 1.29 is 18.4 Å². The van der Waals surface area contributed by atoms with Crippen LogP contribution in [0.1, 0.15) is 0 Å². The summed E-state index contributed by atoms with van der Waals surface area (Å²) < 4.78 is 24.5. The molecule has 3 amide bonds. The number of nitrogens with two attached hydrogens (primary N) is 2. The average molecular weight is 247 g/mol. The number of carbonyl (C=O) groups is 2. The number of hydrogen-bond donors (Lipinski definition) is 4. The zero-order chi connectivity index (χ0) is 13.1. The Balaban J connectivity index is 3.22. The third-order valence-corrected chi connectivity index (χ3v) is 2.18. The van der Waals surface area contributed by atoms with E-state index in [1.165, 1.54) is 0 Å². The van der Waals surface area contributed by atoms with E-state index < -0.39 is 36.3 Å². The Labute approximate surface area is 94.9 Å². The van der Waals surface area contributed by atoms with Gasteiger partial charge in [0.05, 0.1) is 5.71 Å². The monoisotopic (exact) mass is 247 g/mol. The van der Waals surface area contributed by atoms with Gasteiger partial charge in [-0.1, -0.05) is 0 Å². The molecule has 7 nitrogen and oxygen atoms in total. The molecule has 1 aliphatic heterocycles. The Kier molecular flexibility index (Phi) is 3.73. The summed E-state index contributed by atoms with van der Waals surface area (Å²) in [5.74, 6) is -0.845. The molecule has 94 valence electrons. The van der Waals surface area contributed by atoms with Crippen molar-refractivity contribution in [1.82, 2.24) is 10.6 Å². The maximum absolute atomic E-state index is 12.2. The van der Waals surface area contributed by atoms with Gasteiger partial charge in [0, 0.05) is 6.54 Å². The number of nitrogens with one attached hydrogen (secondary N) is 2. The Hall–Kier alpha value is -2.03. The summed E-state index contributed by atoms with van der Waals surface area (Å²) in [6, 6.07) is -0.826. The van der Waals surface area contributed by atoms with Gasteiger partial charge in [-0.15, -0.1) is 0 Å². The van der Waals surface area contributed by atoms with E-state index in [2.05, 4.69) is 10.3 Å². The van der Waals surface area contributed by atoms with Gasteiger partial charge in [0.25, 0.3) is 5.91 Å². The molecule has 17 heavy (non-hydrogen) atoms. The number of nitrogens with zero attached hydrogens (tertiary/aromatic N) is 1. The van der Waals surface area contributed by atoms with Gasteiger partial charge in [-0.25, -0.2) is 9.79 Å². The molecule has 1 heterocycles. The molecule has 0 aromatic carbocycles. The number of amides is 3. The van der Waals surface area contributed by atoms with Gasteiger partial charge in [0.1, 0.15) is 0 Å². The van der Waals surface area contributed by atoms with Crippen LogP contribution < -0.4 is 22.1 Å². The van der Waals surface area contributed by atoms with Crippen LogP contribution in [0.2, 0.25) is 0 Å². The predicted octanol–water partition coefficient (Wildman–Crippen LogP) is -1.34. The number of alkyl halides is 2. The number of aliphatic imine (C=N–C) groups is 1. The highest BCUT2D eigenvalue weighted by Crippen LogP contribution is 2.14. The van der Waals surface area contributed by atoms with Gasteiger partial charge >= 0.3 is 12.6 Å². The average Bonchev–Trinajstić information content (AvgIpc) is 2.53. The van der Waals surface area contributed by atoms with Crippen molar-refractivity contribution in [2.45, 2.75) is 12.1 Å². The first-order chi connectivity index (χ1) is 7.96. The molecule has 0 aromatic heterocycles. The molecule has 0 spiro atoms. The maximum atomic E-state index is 12.2. The van der Waals surface area contributed by atoms with Gasteiger partial charge in [-0.3, -0.25) is 10.1 Å². The highest BCUT2D eigenvalue weighted by Gasteiger charge is 2.48. The molecule has 0 aromatic rings. The molecular weight excluding hydrogens is 236 g/mol. The number of halogens is 2. The van der Waals surface area contributed by atoms with Crippen LogP contribution in [0.5, 0.6) is 0 Å². The van der Waals surface area contributed by atoms with E-state index in [9.17, 15) is 18.4 Å². The number of imide groups is 1.